The summed E-state index contributed by atoms with van der Waals surface area (Å²) in [4.78, 5) is 26.5. The maximum atomic E-state index is 12.3. The largest absolute Gasteiger partial charge is 0.480 e. The van der Waals surface area contributed by atoms with Crippen molar-refractivity contribution in [3.05, 3.63) is 0 Å². The molecule has 0 spiro atoms. The molecule has 0 aliphatic carbocycles. The first-order chi connectivity index (χ1) is 8.61. The molecule has 2 aliphatic rings. The van der Waals surface area contributed by atoms with Gasteiger partial charge >= 0.3 is 12.0 Å². The van der Waals surface area contributed by atoms with Gasteiger partial charge in [-0.15, -0.1) is 0 Å². The van der Waals surface area contributed by atoms with Gasteiger partial charge in [-0.2, -0.15) is 11.8 Å². The highest BCUT2D eigenvalue weighted by Crippen LogP contribution is 2.23. The van der Waals surface area contributed by atoms with Crippen LogP contribution in [0, 0.1) is 0 Å². The van der Waals surface area contributed by atoms with Gasteiger partial charge in [0.15, 0.2) is 6.04 Å². The van der Waals surface area contributed by atoms with Crippen molar-refractivity contribution in [2.75, 3.05) is 38.3 Å². The number of carbonyl (C=O) groups is 2. The van der Waals surface area contributed by atoms with Gasteiger partial charge in [-0.25, -0.2) is 9.59 Å². The van der Waals surface area contributed by atoms with Crippen LogP contribution < -0.4 is 0 Å². The van der Waals surface area contributed by atoms with Crippen molar-refractivity contribution in [3.8, 4) is 0 Å². The normalized spacial score (nSPS) is 28.2. The molecule has 0 aromatic heterocycles. The van der Waals surface area contributed by atoms with Crippen molar-refractivity contribution in [2.45, 2.75) is 18.5 Å². The number of thioether (sulfide) groups is 1. The van der Waals surface area contributed by atoms with Crippen molar-refractivity contribution < 1.29 is 19.4 Å². The van der Waals surface area contributed by atoms with Crippen LogP contribution in [-0.2, 0) is 9.53 Å². The predicted octanol–water partition coefficient (Wildman–Crippen LogP) is 0.329. The van der Waals surface area contributed by atoms with E-state index in [2.05, 4.69) is 0 Å². The number of nitrogens with zero attached hydrogens (tertiary/aromatic N) is 2. The third-order valence-electron chi connectivity index (χ3n) is 3.41. The third kappa shape index (κ3) is 2.72. The first-order valence-corrected chi connectivity index (χ1v) is 7.18. The van der Waals surface area contributed by atoms with E-state index in [9.17, 15) is 9.59 Å². The van der Waals surface area contributed by atoms with Crippen LogP contribution in [0.25, 0.3) is 0 Å². The lowest BCUT2D eigenvalue weighted by molar-refractivity contribution is -0.147. The van der Waals surface area contributed by atoms with Crippen LogP contribution in [0.4, 0.5) is 4.79 Å². The molecule has 18 heavy (non-hydrogen) atoms. The van der Waals surface area contributed by atoms with Crippen LogP contribution in [-0.4, -0.2) is 77.3 Å². The van der Waals surface area contributed by atoms with E-state index < -0.39 is 12.0 Å². The molecule has 0 bridgehead atoms. The summed E-state index contributed by atoms with van der Waals surface area (Å²) in [5, 5.41) is 9.11. The monoisotopic (exact) mass is 274 g/mol. The molecule has 102 valence electrons. The molecule has 0 aromatic carbocycles. The van der Waals surface area contributed by atoms with Crippen molar-refractivity contribution in [3.63, 3.8) is 0 Å². The molecule has 2 heterocycles. The second-order valence-electron chi connectivity index (χ2n) is 4.53. The molecule has 2 saturated heterocycles. The number of hydrogen-bond acceptors (Lipinski definition) is 4. The summed E-state index contributed by atoms with van der Waals surface area (Å²) < 4.78 is 5.13. The summed E-state index contributed by atoms with van der Waals surface area (Å²) in [6.07, 6.45) is 0.981. The zero-order chi connectivity index (χ0) is 13.1. The summed E-state index contributed by atoms with van der Waals surface area (Å²) in [5.74, 6) is 0.996. The molecule has 2 fully saturated rings. The number of aliphatic carboxylic acids is 1. The smallest absolute Gasteiger partial charge is 0.328 e. The minimum absolute atomic E-state index is 0.0777. The zero-order valence-corrected chi connectivity index (χ0v) is 11.2. The van der Waals surface area contributed by atoms with E-state index in [0.29, 0.717) is 13.2 Å². The Morgan fingerprint density at radius 2 is 2.28 bits per heavy atom. The van der Waals surface area contributed by atoms with Crippen LogP contribution >= 0.6 is 11.8 Å². The predicted molar refractivity (Wildman–Crippen MR) is 67.8 cm³/mol. The van der Waals surface area contributed by atoms with Gasteiger partial charge in [-0.05, 0) is 12.2 Å². The topological polar surface area (TPSA) is 70.1 Å². The molecule has 2 rings (SSSR count). The van der Waals surface area contributed by atoms with E-state index in [-0.39, 0.29) is 18.7 Å². The van der Waals surface area contributed by atoms with E-state index in [1.807, 2.05) is 11.8 Å². The number of morpholine rings is 1. The number of urea groups is 1. The van der Waals surface area contributed by atoms with Gasteiger partial charge in [0.1, 0.15) is 0 Å². The number of carboxylic acids is 1. The Balaban J connectivity index is 2.03. The van der Waals surface area contributed by atoms with Gasteiger partial charge in [-0.3, -0.25) is 0 Å². The Bertz CT molecular complexity index is 333. The molecule has 0 radical (unpaired) electrons. The van der Waals surface area contributed by atoms with Gasteiger partial charge in [0.25, 0.3) is 0 Å². The molecular weight excluding hydrogens is 256 g/mol. The molecule has 2 amide bonds. The van der Waals surface area contributed by atoms with Crippen molar-refractivity contribution in [2.24, 2.45) is 0 Å². The van der Waals surface area contributed by atoms with E-state index in [4.69, 9.17) is 9.84 Å². The standard InChI is InChI=1S/C11H18N2O4S/c1-12(8-2-5-18-7-8)11(16)13-3-4-17-6-9(13)10(14)15/h8-9H,2-7H2,1H3,(H,14,15). The Labute approximate surface area is 110 Å². The molecule has 7 heteroatoms. The lowest BCUT2D eigenvalue weighted by atomic mass is 10.2. The Morgan fingerprint density at radius 3 is 2.89 bits per heavy atom. The Morgan fingerprint density at radius 1 is 1.50 bits per heavy atom. The summed E-state index contributed by atoms with van der Waals surface area (Å²) in [6, 6.07) is -0.833. The average Bonchev–Trinajstić information content (AvgIpc) is 2.90. The third-order valence-corrected chi connectivity index (χ3v) is 4.56. The number of hydrogen-bond donors (Lipinski definition) is 1. The van der Waals surface area contributed by atoms with Crippen LogP contribution in [0.15, 0.2) is 0 Å². The fourth-order valence-corrected chi connectivity index (χ4v) is 3.49. The summed E-state index contributed by atoms with van der Waals surface area (Å²) in [5.41, 5.74) is 0. The maximum absolute atomic E-state index is 12.3. The number of ether oxygens (including phenoxy) is 1. The van der Waals surface area contributed by atoms with Crippen LogP contribution in [0.2, 0.25) is 0 Å². The van der Waals surface area contributed by atoms with Crippen molar-refractivity contribution in [1.82, 2.24) is 9.80 Å². The van der Waals surface area contributed by atoms with E-state index in [1.165, 1.54) is 4.90 Å². The zero-order valence-electron chi connectivity index (χ0n) is 10.4. The van der Waals surface area contributed by atoms with Crippen molar-refractivity contribution >= 4 is 23.8 Å². The second kappa shape index (κ2) is 5.79. The fourth-order valence-electron chi connectivity index (χ4n) is 2.22. The summed E-state index contributed by atoms with van der Waals surface area (Å²) in [7, 11) is 1.76. The molecule has 0 aromatic rings. The van der Waals surface area contributed by atoms with Crippen LogP contribution in [0.1, 0.15) is 6.42 Å². The van der Waals surface area contributed by atoms with E-state index >= 15 is 0 Å². The van der Waals surface area contributed by atoms with E-state index in [1.54, 1.807) is 11.9 Å². The summed E-state index contributed by atoms with van der Waals surface area (Å²) in [6.45, 7) is 0.830. The number of rotatable bonds is 2. The highest BCUT2D eigenvalue weighted by molar-refractivity contribution is 7.99. The lowest BCUT2D eigenvalue weighted by Gasteiger charge is -2.37. The van der Waals surface area contributed by atoms with Crippen molar-refractivity contribution in [1.29, 1.82) is 0 Å². The Hall–Kier alpha value is -0.950. The van der Waals surface area contributed by atoms with Crippen LogP contribution in [0.3, 0.4) is 0 Å². The minimum atomic E-state index is -1.00. The van der Waals surface area contributed by atoms with Crippen LogP contribution in [0.5, 0.6) is 0 Å². The van der Waals surface area contributed by atoms with E-state index in [0.717, 1.165) is 17.9 Å². The van der Waals surface area contributed by atoms with Gasteiger partial charge in [-0.1, -0.05) is 0 Å². The molecule has 2 atom stereocenters. The number of amides is 2. The number of carbonyl (C=O) groups excluding carboxylic acids is 1. The van der Waals surface area contributed by atoms with Gasteiger partial charge in [0.05, 0.1) is 13.2 Å². The first kappa shape index (κ1) is 13.5. The molecule has 2 aliphatic heterocycles. The first-order valence-electron chi connectivity index (χ1n) is 6.03. The molecule has 1 N–H and O–H groups in total. The minimum Gasteiger partial charge on any atom is -0.480 e. The SMILES string of the molecule is CN(C(=O)N1CCOCC1C(=O)O)C1CCSC1. The molecule has 2 unspecified atom stereocenters. The molecule has 0 saturated carbocycles. The highest BCUT2D eigenvalue weighted by Gasteiger charge is 2.36. The highest BCUT2D eigenvalue weighted by atomic mass is 32.2. The molecular formula is C11H18N2O4S. The number of carboxylic acid groups (broad SMARTS) is 1. The van der Waals surface area contributed by atoms with Gasteiger partial charge in [0, 0.05) is 25.4 Å². The van der Waals surface area contributed by atoms with Gasteiger partial charge < -0.3 is 19.6 Å². The maximum Gasteiger partial charge on any atom is 0.328 e. The van der Waals surface area contributed by atoms with Gasteiger partial charge in [0.2, 0.25) is 0 Å². The lowest BCUT2D eigenvalue weighted by Crippen LogP contribution is -2.57. The Kier molecular flexibility index (Phi) is 4.34. The quantitative estimate of drug-likeness (QED) is 0.786. The summed E-state index contributed by atoms with van der Waals surface area (Å²) >= 11 is 1.83. The second-order valence-corrected chi connectivity index (χ2v) is 5.68. The fraction of sp³-hybridized carbons (Fsp3) is 0.818. The average molecular weight is 274 g/mol. The molecule has 6 nitrogen and oxygen atoms in total.